The molecule has 0 fully saturated rings. The van der Waals surface area contributed by atoms with E-state index < -0.39 is 15.6 Å². The zero-order valence-corrected chi connectivity index (χ0v) is 16.2. The van der Waals surface area contributed by atoms with Crippen molar-refractivity contribution in [3.63, 3.8) is 0 Å². The van der Waals surface area contributed by atoms with Gasteiger partial charge < -0.3 is 4.55 Å². The van der Waals surface area contributed by atoms with Crippen LogP contribution >= 0.6 is 11.6 Å². The van der Waals surface area contributed by atoms with Crippen LogP contribution in [0.25, 0.3) is 0 Å². The molecule has 0 spiro atoms. The Bertz CT molecular complexity index is 607. The van der Waals surface area contributed by atoms with Crippen LogP contribution in [0.3, 0.4) is 0 Å². The van der Waals surface area contributed by atoms with E-state index in [1.54, 1.807) is 0 Å². The number of hydrogen-bond acceptors (Lipinski definition) is 3. The van der Waals surface area contributed by atoms with E-state index in [0.29, 0.717) is 0 Å². The Balaban J connectivity index is 0.000000609. The summed E-state index contributed by atoms with van der Waals surface area (Å²) in [6, 6.07) is 5.96. The summed E-state index contributed by atoms with van der Waals surface area (Å²) in [5, 5.41) is 0.835. The number of nitrogens with zero attached hydrogens (tertiary/aromatic N) is 1. The quantitative estimate of drug-likeness (QED) is 0.291. The number of rotatable bonds is 7. The van der Waals surface area contributed by atoms with Crippen LogP contribution in [0.15, 0.2) is 24.4 Å². The van der Waals surface area contributed by atoms with Crippen molar-refractivity contribution in [2.75, 3.05) is 0 Å². The highest BCUT2D eigenvalue weighted by molar-refractivity contribution is 7.86. The van der Waals surface area contributed by atoms with Crippen LogP contribution in [0.1, 0.15) is 46.5 Å². The monoisotopic (exact) mass is 403 g/mol. The minimum atomic E-state index is -6.09. The lowest BCUT2D eigenvalue weighted by molar-refractivity contribution is -0.695. The van der Waals surface area contributed by atoms with Gasteiger partial charge in [0.25, 0.3) is 5.15 Å². The number of hydrogen-bond donors (Lipinski definition) is 0. The molecule has 1 aromatic rings. The predicted octanol–water partition coefficient (Wildman–Crippen LogP) is 4.53. The Morgan fingerprint density at radius 2 is 1.72 bits per heavy atom. The molecule has 9 heteroatoms. The van der Waals surface area contributed by atoms with Crippen LogP contribution < -0.4 is 4.57 Å². The van der Waals surface area contributed by atoms with Crippen LogP contribution in [0.2, 0.25) is 5.15 Å². The fourth-order valence-electron chi connectivity index (χ4n) is 2.02. The Morgan fingerprint density at radius 3 is 2.16 bits per heavy atom. The Labute approximate surface area is 152 Å². The van der Waals surface area contributed by atoms with Gasteiger partial charge in [0.1, 0.15) is 6.54 Å². The molecule has 1 atom stereocenters. The van der Waals surface area contributed by atoms with E-state index in [-0.39, 0.29) is 0 Å². The van der Waals surface area contributed by atoms with Crippen molar-refractivity contribution in [1.82, 2.24) is 0 Å². The minimum Gasteiger partial charge on any atom is -0.741 e. The van der Waals surface area contributed by atoms with Gasteiger partial charge in [0, 0.05) is 18.6 Å². The molecular formula is C16H25ClF3NO3S. The standard InChI is InChI=1S/C15H25ClN.CHF3O3S/c1-13(2)7-6-8-14(3)10-12-17-11-5-4-9-15(17)16;2-1(3,4)8(5,6)7/h4-5,9,11,13-14H,6-8,10,12H2,1-3H3;(H,5,6,7)/q+1;/p-1. The molecule has 1 heterocycles. The third-order valence-electron chi connectivity index (χ3n) is 3.51. The second kappa shape index (κ2) is 11.0. The van der Waals surface area contributed by atoms with Gasteiger partial charge in [-0.2, -0.15) is 17.7 Å². The SMILES string of the molecule is CC(C)CCCC(C)CC[n+]1ccccc1Cl.O=S(=O)([O-])C(F)(F)F. The first-order chi connectivity index (χ1) is 11.3. The molecule has 0 radical (unpaired) electrons. The summed E-state index contributed by atoms with van der Waals surface area (Å²) in [4.78, 5) is 0. The van der Waals surface area contributed by atoms with Gasteiger partial charge in [0.05, 0.1) is 0 Å². The van der Waals surface area contributed by atoms with E-state index in [1.165, 1.54) is 25.7 Å². The first kappa shape index (κ1) is 24.1. The molecule has 0 aliphatic carbocycles. The molecular weight excluding hydrogens is 379 g/mol. The fourth-order valence-corrected chi connectivity index (χ4v) is 2.23. The highest BCUT2D eigenvalue weighted by atomic mass is 35.5. The number of pyridine rings is 1. The van der Waals surface area contributed by atoms with Gasteiger partial charge in [0.2, 0.25) is 0 Å². The van der Waals surface area contributed by atoms with Gasteiger partial charge in [-0.3, -0.25) is 0 Å². The molecule has 0 bridgehead atoms. The molecule has 0 aliphatic rings. The molecule has 0 aliphatic heterocycles. The van der Waals surface area contributed by atoms with E-state index in [4.69, 9.17) is 24.6 Å². The van der Waals surface area contributed by atoms with E-state index in [1.807, 2.05) is 18.2 Å². The Hall–Kier alpha value is -0.860. The maximum Gasteiger partial charge on any atom is 0.485 e. The van der Waals surface area contributed by atoms with Gasteiger partial charge in [0.15, 0.2) is 16.3 Å². The van der Waals surface area contributed by atoms with Crippen molar-refractivity contribution in [3.05, 3.63) is 29.5 Å². The highest BCUT2D eigenvalue weighted by Gasteiger charge is 2.36. The number of aromatic nitrogens is 1. The fraction of sp³-hybridized carbons (Fsp3) is 0.688. The van der Waals surface area contributed by atoms with E-state index in [2.05, 4.69) is 31.5 Å². The molecule has 0 aromatic carbocycles. The first-order valence-corrected chi connectivity index (χ1v) is 9.79. The molecule has 25 heavy (non-hydrogen) atoms. The average Bonchev–Trinajstić information content (AvgIpc) is 2.44. The molecule has 1 rings (SSSR count). The topological polar surface area (TPSA) is 61.1 Å². The zero-order valence-electron chi connectivity index (χ0n) is 14.6. The van der Waals surface area contributed by atoms with Crippen molar-refractivity contribution >= 4 is 21.7 Å². The molecule has 0 amide bonds. The van der Waals surface area contributed by atoms with Crippen molar-refractivity contribution in [2.24, 2.45) is 11.8 Å². The Kier molecular flexibility index (Phi) is 10.6. The maximum atomic E-state index is 10.7. The van der Waals surface area contributed by atoms with Crippen LogP contribution in [0.5, 0.6) is 0 Å². The van der Waals surface area contributed by atoms with E-state index in [9.17, 15) is 13.2 Å². The minimum absolute atomic E-state index is 0.789. The summed E-state index contributed by atoms with van der Waals surface area (Å²) in [7, 11) is -6.09. The van der Waals surface area contributed by atoms with Crippen molar-refractivity contribution in [2.45, 2.75) is 58.5 Å². The number of alkyl halides is 3. The summed E-state index contributed by atoms with van der Waals surface area (Å²) in [5.74, 6) is 1.62. The smallest absolute Gasteiger partial charge is 0.485 e. The van der Waals surface area contributed by atoms with Crippen LogP contribution in [0.4, 0.5) is 13.2 Å². The summed E-state index contributed by atoms with van der Waals surface area (Å²) < 4.78 is 61.0. The van der Waals surface area contributed by atoms with Crippen molar-refractivity contribution in [3.8, 4) is 0 Å². The van der Waals surface area contributed by atoms with Crippen LogP contribution in [0, 0.1) is 11.8 Å². The summed E-state index contributed by atoms with van der Waals surface area (Å²) >= 11 is 6.12. The lowest BCUT2D eigenvalue weighted by Gasteiger charge is -2.10. The highest BCUT2D eigenvalue weighted by Crippen LogP contribution is 2.20. The predicted molar refractivity (Wildman–Crippen MR) is 89.9 cm³/mol. The molecule has 4 nitrogen and oxygen atoms in total. The molecule has 0 saturated heterocycles. The molecule has 0 N–H and O–H groups in total. The molecule has 1 unspecified atom stereocenters. The van der Waals surface area contributed by atoms with Gasteiger partial charge in [-0.25, -0.2) is 8.42 Å². The Morgan fingerprint density at radius 1 is 1.16 bits per heavy atom. The lowest BCUT2D eigenvalue weighted by atomic mass is 9.97. The largest absolute Gasteiger partial charge is 0.741 e. The summed E-state index contributed by atoms with van der Waals surface area (Å²) in [5.41, 5.74) is -5.65. The number of halogens is 4. The second-order valence-electron chi connectivity index (χ2n) is 6.34. The zero-order chi connectivity index (χ0) is 19.7. The summed E-state index contributed by atoms with van der Waals surface area (Å²) in [6.07, 6.45) is 7.31. The normalized spacial score (nSPS) is 13.3. The van der Waals surface area contributed by atoms with Gasteiger partial charge in [-0.15, -0.1) is 0 Å². The van der Waals surface area contributed by atoms with Crippen molar-refractivity contribution < 1.29 is 30.7 Å². The first-order valence-electron chi connectivity index (χ1n) is 8.00. The second-order valence-corrected chi connectivity index (χ2v) is 8.09. The third kappa shape index (κ3) is 11.4. The average molecular weight is 404 g/mol. The molecule has 0 saturated carbocycles. The van der Waals surface area contributed by atoms with E-state index >= 15 is 0 Å². The van der Waals surface area contributed by atoms with Gasteiger partial charge >= 0.3 is 5.51 Å². The molecule has 1 aromatic heterocycles. The maximum absolute atomic E-state index is 10.7. The van der Waals surface area contributed by atoms with E-state index in [0.717, 1.165) is 23.5 Å². The third-order valence-corrected chi connectivity index (χ3v) is 4.42. The van der Waals surface area contributed by atoms with Crippen LogP contribution in [-0.2, 0) is 16.7 Å². The lowest BCUT2D eigenvalue weighted by Crippen LogP contribution is -2.35. The van der Waals surface area contributed by atoms with Gasteiger partial charge in [-0.05, 0) is 29.5 Å². The summed E-state index contributed by atoms with van der Waals surface area (Å²) in [6.45, 7) is 7.97. The number of aryl methyl sites for hydroxylation is 1. The molecule has 146 valence electrons. The van der Waals surface area contributed by atoms with Crippen LogP contribution in [-0.4, -0.2) is 18.5 Å². The van der Waals surface area contributed by atoms with Gasteiger partial charge in [-0.1, -0.05) is 40.0 Å². The van der Waals surface area contributed by atoms with Crippen molar-refractivity contribution in [1.29, 1.82) is 0 Å².